The van der Waals surface area contributed by atoms with Crippen LogP contribution in [-0.2, 0) is 33.5 Å². The lowest BCUT2D eigenvalue weighted by atomic mass is 10.0. The van der Waals surface area contributed by atoms with E-state index in [1.165, 1.54) is 11.0 Å². The van der Waals surface area contributed by atoms with Crippen molar-refractivity contribution in [2.45, 2.75) is 5.60 Å². The van der Waals surface area contributed by atoms with Crippen LogP contribution in [0, 0.1) is 0 Å². The largest absolute Gasteiger partial charge is 0.480 e. The number of hydrogen-bond donors (Lipinski definition) is 1. The maximum Gasteiger partial charge on any atom is 0.329 e. The van der Waals surface area contributed by atoms with Gasteiger partial charge in [-0.1, -0.05) is 6.08 Å². The molecular weight excluding hydrogens is 386 g/mol. The first-order chi connectivity index (χ1) is 13.7. The summed E-state index contributed by atoms with van der Waals surface area (Å²) in [4.78, 5) is 74.4. The minimum Gasteiger partial charge on any atom is -0.480 e. The van der Waals surface area contributed by atoms with Crippen LogP contribution < -0.4 is 0 Å². The van der Waals surface area contributed by atoms with Gasteiger partial charge in [0.2, 0.25) is 5.91 Å². The van der Waals surface area contributed by atoms with E-state index >= 15 is 0 Å². The Labute approximate surface area is 164 Å². The molecule has 0 saturated heterocycles. The summed E-state index contributed by atoms with van der Waals surface area (Å²) in [7, 11) is 0. The maximum absolute atomic E-state index is 12.1. The number of carboxylic acids is 1. The van der Waals surface area contributed by atoms with Crippen molar-refractivity contribution in [1.29, 1.82) is 0 Å². The van der Waals surface area contributed by atoms with Crippen molar-refractivity contribution in [2.75, 3.05) is 32.8 Å². The molecule has 5 amide bonds. The highest BCUT2D eigenvalue weighted by atomic mass is 16.5. The molecule has 152 valence electrons. The third-order valence-corrected chi connectivity index (χ3v) is 4.57. The van der Waals surface area contributed by atoms with Crippen molar-refractivity contribution in [1.82, 2.24) is 14.7 Å². The van der Waals surface area contributed by atoms with Crippen LogP contribution in [0.2, 0.25) is 0 Å². The van der Waals surface area contributed by atoms with Crippen molar-refractivity contribution in [2.24, 2.45) is 0 Å². The SMILES string of the molecule is O=C(O)COC(CN1CC=CC1=O)(CN1C(=O)C=CC1=O)CN1C(=O)C=CC1=O. The van der Waals surface area contributed by atoms with E-state index in [2.05, 4.69) is 0 Å². The zero-order valence-corrected chi connectivity index (χ0v) is 15.1. The van der Waals surface area contributed by atoms with E-state index < -0.39 is 54.9 Å². The minimum atomic E-state index is -1.70. The third-order valence-electron chi connectivity index (χ3n) is 4.57. The summed E-state index contributed by atoms with van der Waals surface area (Å²) in [5.41, 5.74) is -1.70. The summed E-state index contributed by atoms with van der Waals surface area (Å²) in [6.45, 7) is -1.79. The van der Waals surface area contributed by atoms with Gasteiger partial charge < -0.3 is 14.7 Å². The molecule has 1 N–H and O–H groups in total. The van der Waals surface area contributed by atoms with E-state index in [1.54, 1.807) is 6.08 Å². The summed E-state index contributed by atoms with van der Waals surface area (Å²) in [5, 5.41) is 9.08. The van der Waals surface area contributed by atoms with Crippen molar-refractivity contribution in [3.63, 3.8) is 0 Å². The average molecular weight is 403 g/mol. The van der Waals surface area contributed by atoms with Crippen molar-refractivity contribution < 1.29 is 38.6 Å². The normalized spacial score (nSPS) is 18.9. The smallest absolute Gasteiger partial charge is 0.329 e. The molecule has 0 fully saturated rings. The highest BCUT2D eigenvalue weighted by Crippen LogP contribution is 2.23. The number of amides is 5. The van der Waals surface area contributed by atoms with Crippen LogP contribution in [0.1, 0.15) is 0 Å². The van der Waals surface area contributed by atoms with E-state index in [0.29, 0.717) is 0 Å². The van der Waals surface area contributed by atoms with Gasteiger partial charge in [0.1, 0.15) is 12.2 Å². The van der Waals surface area contributed by atoms with Crippen molar-refractivity contribution in [3.05, 3.63) is 36.5 Å². The van der Waals surface area contributed by atoms with Gasteiger partial charge in [0.05, 0.1) is 19.6 Å². The van der Waals surface area contributed by atoms with Crippen LogP contribution in [0.15, 0.2) is 36.5 Å². The first-order valence-electron chi connectivity index (χ1n) is 8.59. The third kappa shape index (κ3) is 4.29. The van der Waals surface area contributed by atoms with Gasteiger partial charge in [-0.3, -0.25) is 33.8 Å². The fourth-order valence-corrected chi connectivity index (χ4v) is 3.22. The summed E-state index contributed by atoms with van der Waals surface area (Å²) in [6.07, 6.45) is 7.05. The van der Waals surface area contributed by atoms with E-state index in [9.17, 15) is 28.8 Å². The first-order valence-corrected chi connectivity index (χ1v) is 8.59. The van der Waals surface area contributed by atoms with E-state index in [4.69, 9.17) is 9.84 Å². The molecule has 3 heterocycles. The second kappa shape index (κ2) is 7.80. The van der Waals surface area contributed by atoms with Crippen molar-refractivity contribution in [3.8, 4) is 0 Å². The molecular formula is C18H17N3O8. The summed E-state index contributed by atoms with van der Waals surface area (Å²) >= 11 is 0. The fraction of sp³-hybridized carbons (Fsp3) is 0.333. The summed E-state index contributed by atoms with van der Waals surface area (Å²) < 4.78 is 5.55. The molecule has 3 aliphatic rings. The molecule has 0 unspecified atom stereocenters. The molecule has 0 saturated carbocycles. The van der Waals surface area contributed by atoms with E-state index in [1.807, 2.05) is 0 Å². The van der Waals surface area contributed by atoms with Gasteiger partial charge in [0.25, 0.3) is 23.6 Å². The zero-order valence-electron chi connectivity index (χ0n) is 15.1. The monoisotopic (exact) mass is 403 g/mol. The number of rotatable bonds is 9. The predicted molar refractivity (Wildman–Crippen MR) is 93.8 cm³/mol. The molecule has 0 atom stereocenters. The molecule has 3 rings (SSSR count). The number of aliphatic carboxylic acids is 1. The van der Waals surface area contributed by atoms with E-state index in [-0.39, 0.29) is 19.0 Å². The first kappa shape index (κ1) is 20.1. The average Bonchev–Trinajstić information content (AvgIpc) is 3.31. The maximum atomic E-state index is 12.1. The molecule has 0 aliphatic carbocycles. The molecule has 0 radical (unpaired) electrons. The number of imide groups is 2. The number of hydrogen-bond acceptors (Lipinski definition) is 7. The van der Waals surface area contributed by atoms with Crippen LogP contribution in [0.3, 0.4) is 0 Å². The Bertz CT molecular complexity index is 808. The topological polar surface area (TPSA) is 142 Å². The number of carbonyl (C=O) groups excluding carboxylic acids is 5. The van der Waals surface area contributed by atoms with Gasteiger partial charge >= 0.3 is 5.97 Å². The van der Waals surface area contributed by atoms with Gasteiger partial charge in [0.15, 0.2) is 0 Å². The van der Waals surface area contributed by atoms with Gasteiger partial charge in [-0.05, 0) is 0 Å². The Morgan fingerprint density at radius 2 is 1.31 bits per heavy atom. The lowest BCUT2D eigenvalue weighted by Crippen LogP contribution is -2.60. The number of nitrogens with zero attached hydrogens (tertiary/aromatic N) is 3. The lowest BCUT2D eigenvalue weighted by molar-refractivity contribution is -0.161. The molecule has 11 nitrogen and oxygen atoms in total. The van der Waals surface area contributed by atoms with Gasteiger partial charge in [-0.2, -0.15) is 0 Å². The molecule has 29 heavy (non-hydrogen) atoms. The Balaban J connectivity index is 1.94. The van der Waals surface area contributed by atoms with Crippen LogP contribution >= 0.6 is 0 Å². The van der Waals surface area contributed by atoms with Crippen molar-refractivity contribution >= 4 is 35.5 Å². The van der Waals surface area contributed by atoms with Gasteiger partial charge in [0, 0.05) is 36.9 Å². The quantitative estimate of drug-likeness (QED) is 0.439. The van der Waals surface area contributed by atoms with Gasteiger partial charge in [-0.25, -0.2) is 4.79 Å². The molecule has 0 spiro atoms. The second-order valence-electron chi connectivity index (χ2n) is 6.68. The Kier molecular flexibility index (Phi) is 5.41. The molecule has 0 bridgehead atoms. The van der Waals surface area contributed by atoms with Gasteiger partial charge in [-0.15, -0.1) is 0 Å². The Hall–Kier alpha value is -3.60. The Morgan fingerprint density at radius 3 is 1.69 bits per heavy atom. The number of carboxylic acid groups (broad SMARTS) is 1. The summed E-state index contributed by atoms with van der Waals surface area (Å²) in [5.74, 6) is -4.33. The molecule has 0 aromatic heterocycles. The highest BCUT2D eigenvalue weighted by molar-refractivity contribution is 6.13. The highest BCUT2D eigenvalue weighted by Gasteiger charge is 2.44. The molecule has 11 heteroatoms. The van der Waals surface area contributed by atoms with Crippen LogP contribution in [0.5, 0.6) is 0 Å². The van der Waals surface area contributed by atoms with E-state index in [0.717, 1.165) is 34.1 Å². The Morgan fingerprint density at radius 1 is 0.828 bits per heavy atom. The van der Waals surface area contributed by atoms with Crippen LogP contribution in [0.4, 0.5) is 0 Å². The molecule has 3 aliphatic heterocycles. The predicted octanol–water partition coefficient (Wildman–Crippen LogP) is -1.93. The zero-order chi connectivity index (χ0) is 21.2. The number of ether oxygens (including phenoxy) is 1. The molecule has 0 aromatic carbocycles. The number of carbonyl (C=O) groups is 6. The minimum absolute atomic E-state index is 0.192. The standard InChI is InChI=1S/C18H17N3O8/c22-12-2-1-7-19(12)9-18(29-8-17(27)28,10-20-13(23)3-4-14(20)24)11-21-15(25)5-6-16(21)26/h1-6H,7-11H2,(H,27,28). The summed E-state index contributed by atoms with van der Waals surface area (Å²) in [6, 6.07) is 0. The second-order valence-corrected chi connectivity index (χ2v) is 6.68. The molecule has 0 aromatic rings. The fourth-order valence-electron chi connectivity index (χ4n) is 3.22. The van der Waals surface area contributed by atoms with Crippen LogP contribution in [0.25, 0.3) is 0 Å². The lowest BCUT2D eigenvalue weighted by Gasteiger charge is -2.40. The van der Waals surface area contributed by atoms with Crippen LogP contribution in [-0.4, -0.2) is 93.7 Å².